The predicted octanol–water partition coefficient (Wildman–Crippen LogP) is 3.20. The summed E-state index contributed by atoms with van der Waals surface area (Å²) in [5, 5.41) is 0. The SMILES string of the molecule is CC(=O)C(CC=C(C)C)C(C)C. The molecule has 1 atom stereocenters. The second-order valence-electron chi connectivity index (χ2n) is 3.98. The Morgan fingerprint density at radius 1 is 1.25 bits per heavy atom. The van der Waals surface area contributed by atoms with Crippen molar-refractivity contribution in [2.75, 3.05) is 0 Å². The molecule has 0 saturated carbocycles. The first-order valence-electron chi connectivity index (χ1n) is 4.59. The van der Waals surface area contributed by atoms with Crippen LogP contribution in [0.3, 0.4) is 0 Å². The molecular formula is C11H20O. The van der Waals surface area contributed by atoms with E-state index in [9.17, 15) is 4.79 Å². The summed E-state index contributed by atoms with van der Waals surface area (Å²) in [7, 11) is 0. The Balaban J connectivity index is 4.15. The van der Waals surface area contributed by atoms with Crippen molar-refractivity contribution in [3.8, 4) is 0 Å². The topological polar surface area (TPSA) is 17.1 Å². The summed E-state index contributed by atoms with van der Waals surface area (Å²) in [4.78, 5) is 11.2. The molecule has 1 heteroatoms. The highest BCUT2D eigenvalue weighted by Gasteiger charge is 2.16. The molecule has 0 aliphatic rings. The van der Waals surface area contributed by atoms with E-state index < -0.39 is 0 Å². The van der Waals surface area contributed by atoms with Gasteiger partial charge in [0.1, 0.15) is 5.78 Å². The van der Waals surface area contributed by atoms with E-state index >= 15 is 0 Å². The smallest absolute Gasteiger partial charge is 0.133 e. The molecule has 0 aromatic heterocycles. The Labute approximate surface area is 75.9 Å². The van der Waals surface area contributed by atoms with Crippen LogP contribution in [0, 0.1) is 11.8 Å². The van der Waals surface area contributed by atoms with E-state index in [2.05, 4.69) is 33.8 Å². The van der Waals surface area contributed by atoms with Crippen LogP contribution in [-0.2, 0) is 4.79 Å². The number of rotatable bonds is 4. The van der Waals surface area contributed by atoms with Gasteiger partial charge in [-0.25, -0.2) is 0 Å². The lowest BCUT2D eigenvalue weighted by Gasteiger charge is -2.15. The normalized spacial score (nSPS) is 12.8. The van der Waals surface area contributed by atoms with Crippen molar-refractivity contribution in [3.05, 3.63) is 11.6 Å². The van der Waals surface area contributed by atoms with Gasteiger partial charge in [0.2, 0.25) is 0 Å². The first-order valence-corrected chi connectivity index (χ1v) is 4.59. The average Bonchev–Trinajstić information content (AvgIpc) is 1.84. The summed E-state index contributed by atoms with van der Waals surface area (Å²) >= 11 is 0. The van der Waals surface area contributed by atoms with Crippen molar-refractivity contribution >= 4 is 5.78 Å². The molecule has 0 bridgehead atoms. The number of hydrogen-bond donors (Lipinski definition) is 0. The predicted molar refractivity (Wildman–Crippen MR) is 53.1 cm³/mol. The van der Waals surface area contributed by atoms with Gasteiger partial charge in [-0.2, -0.15) is 0 Å². The number of ketones is 1. The molecule has 0 fully saturated rings. The first kappa shape index (κ1) is 11.4. The maximum Gasteiger partial charge on any atom is 0.133 e. The van der Waals surface area contributed by atoms with Gasteiger partial charge in [-0.3, -0.25) is 4.79 Å². The number of allylic oxidation sites excluding steroid dienone is 2. The van der Waals surface area contributed by atoms with Crippen LogP contribution >= 0.6 is 0 Å². The van der Waals surface area contributed by atoms with Gasteiger partial charge in [-0.05, 0) is 33.1 Å². The molecule has 1 nitrogen and oxygen atoms in total. The molecule has 0 N–H and O–H groups in total. The summed E-state index contributed by atoms with van der Waals surface area (Å²) in [5.41, 5.74) is 1.29. The summed E-state index contributed by atoms with van der Waals surface area (Å²) in [6.07, 6.45) is 3.04. The van der Waals surface area contributed by atoms with Crippen molar-refractivity contribution in [1.82, 2.24) is 0 Å². The van der Waals surface area contributed by atoms with Gasteiger partial charge >= 0.3 is 0 Å². The second kappa shape index (κ2) is 5.13. The van der Waals surface area contributed by atoms with E-state index in [-0.39, 0.29) is 5.92 Å². The van der Waals surface area contributed by atoms with Crippen LogP contribution in [0.25, 0.3) is 0 Å². The molecule has 12 heavy (non-hydrogen) atoms. The molecule has 1 unspecified atom stereocenters. The first-order chi connectivity index (χ1) is 5.45. The van der Waals surface area contributed by atoms with Gasteiger partial charge in [0, 0.05) is 5.92 Å². The minimum Gasteiger partial charge on any atom is -0.300 e. The fraction of sp³-hybridized carbons (Fsp3) is 0.727. The summed E-state index contributed by atoms with van der Waals surface area (Å²) in [6, 6.07) is 0. The van der Waals surface area contributed by atoms with Crippen molar-refractivity contribution in [1.29, 1.82) is 0 Å². The molecule has 0 amide bonds. The second-order valence-corrected chi connectivity index (χ2v) is 3.98. The Bertz CT molecular complexity index is 173. The Hall–Kier alpha value is -0.590. The Kier molecular flexibility index (Phi) is 4.87. The van der Waals surface area contributed by atoms with Crippen molar-refractivity contribution in [2.24, 2.45) is 11.8 Å². The monoisotopic (exact) mass is 168 g/mol. The van der Waals surface area contributed by atoms with E-state index in [1.165, 1.54) is 5.57 Å². The lowest BCUT2D eigenvalue weighted by Crippen LogP contribution is -2.16. The Morgan fingerprint density at radius 2 is 1.75 bits per heavy atom. The van der Waals surface area contributed by atoms with Crippen LogP contribution < -0.4 is 0 Å². The maximum absolute atomic E-state index is 11.2. The van der Waals surface area contributed by atoms with E-state index in [1.807, 2.05) is 0 Å². The van der Waals surface area contributed by atoms with Crippen molar-refractivity contribution in [3.63, 3.8) is 0 Å². The zero-order chi connectivity index (χ0) is 9.72. The molecule has 0 saturated heterocycles. The van der Waals surface area contributed by atoms with Gasteiger partial charge in [0.05, 0.1) is 0 Å². The number of carbonyl (C=O) groups excluding carboxylic acids is 1. The van der Waals surface area contributed by atoms with Gasteiger partial charge in [-0.1, -0.05) is 25.5 Å². The highest BCUT2D eigenvalue weighted by molar-refractivity contribution is 5.78. The number of hydrogen-bond acceptors (Lipinski definition) is 1. The van der Waals surface area contributed by atoms with Gasteiger partial charge < -0.3 is 0 Å². The third-order valence-electron chi connectivity index (χ3n) is 2.11. The van der Waals surface area contributed by atoms with Crippen molar-refractivity contribution in [2.45, 2.75) is 41.0 Å². The zero-order valence-electron chi connectivity index (χ0n) is 8.85. The van der Waals surface area contributed by atoms with Crippen LogP contribution in [0.1, 0.15) is 41.0 Å². The lowest BCUT2D eigenvalue weighted by atomic mass is 9.89. The molecule has 0 aliphatic carbocycles. The fourth-order valence-electron chi connectivity index (χ4n) is 1.27. The average molecular weight is 168 g/mol. The standard InChI is InChI=1S/C11H20O/c1-8(2)6-7-11(9(3)4)10(5)12/h6,9,11H,7H2,1-5H3. The highest BCUT2D eigenvalue weighted by atomic mass is 16.1. The Morgan fingerprint density at radius 3 is 2.00 bits per heavy atom. The molecule has 0 aromatic rings. The zero-order valence-corrected chi connectivity index (χ0v) is 8.85. The lowest BCUT2D eigenvalue weighted by molar-refractivity contribution is -0.121. The third kappa shape index (κ3) is 4.32. The van der Waals surface area contributed by atoms with Gasteiger partial charge in [-0.15, -0.1) is 0 Å². The van der Waals surface area contributed by atoms with Crippen LogP contribution in [-0.4, -0.2) is 5.78 Å². The van der Waals surface area contributed by atoms with Crippen LogP contribution in [0.4, 0.5) is 0 Å². The van der Waals surface area contributed by atoms with Crippen LogP contribution in [0.2, 0.25) is 0 Å². The van der Waals surface area contributed by atoms with E-state index in [1.54, 1.807) is 6.92 Å². The van der Waals surface area contributed by atoms with Gasteiger partial charge in [0.25, 0.3) is 0 Å². The third-order valence-corrected chi connectivity index (χ3v) is 2.11. The maximum atomic E-state index is 11.2. The highest BCUT2D eigenvalue weighted by Crippen LogP contribution is 2.17. The molecule has 0 heterocycles. The minimum atomic E-state index is 0.208. The van der Waals surface area contributed by atoms with Crippen molar-refractivity contribution < 1.29 is 4.79 Å². The number of Topliss-reactive ketones (excluding diaryl/α,β-unsaturated/α-hetero) is 1. The molecule has 0 radical (unpaired) electrons. The number of carbonyl (C=O) groups is 1. The van der Waals surface area contributed by atoms with E-state index in [4.69, 9.17) is 0 Å². The summed E-state index contributed by atoms with van der Waals surface area (Å²) in [6.45, 7) is 10.0. The fourth-order valence-corrected chi connectivity index (χ4v) is 1.27. The molecule has 70 valence electrons. The molecule has 0 aromatic carbocycles. The molecule has 0 rings (SSSR count). The van der Waals surface area contributed by atoms with E-state index in [0.717, 1.165) is 6.42 Å². The molecule has 0 aliphatic heterocycles. The summed E-state index contributed by atoms with van der Waals surface area (Å²) < 4.78 is 0. The molecular weight excluding hydrogens is 148 g/mol. The minimum absolute atomic E-state index is 0.208. The van der Waals surface area contributed by atoms with Crippen LogP contribution in [0.15, 0.2) is 11.6 Å². The quantitative estimate of drug-likeness (QED) is 0.589. The largest absolute Gasteiger partial charge is 0.300 e. The van der Waals surface area contributed by atoms with Gasteiger partial charge in [0.15, 0.2) is 0 Å². The van der Waals surface area contributed by atoms with E-state index in [0.29, 0.717) is 11.7 Å². The van der Waals surface area contributed by atoms with Crippen LogP contribution in [0.5, 0.6) is 0 Å². The summed E-state index contributed by atoms with van der Waals surface area (Å²) in [5.74, 6) is 0.973. The molecule has 0 spiro atoms.